The Labute approximate surface area is 226 Å². The summed E-state index contributed by atoms with van der Waals surface area (Å²) in [5.41, 5.74) is 3.10. The summed E-state index contributed by atoms with van der Waals surface area (Å²) in [6.45, 7) is 9.20. The van der Waals surface area contributed by atoms with Crippen LogP contribution in [0.1, 0.15) is 79.1 Å². The second-order valence-electron chi connectivity index (χ2n) is 9.58. The number of hydrogen-bond donors (Lipinski definition) is 0. The van der Waals surface area contributed by atoms with Crippen LogP contribution < -0.4 is 24.8 Å². The third kappa shape index (κ3) is 7.41. The number of halogens is 2. The summed E-state index contributed by atoms with van der Waals surface area (Å²) < 4.78 is 0. The van der Waals surface area contributed by atoms with E-state index in [4.69, 9.17) is 0 Å². The van der Waals surface area contributed by atoms with E-state index in [1.807, 2.05) is 0 Å². The minimum Gasteiger partial charge on any atom is -1.00 e. The molecule has 0 aromatic heterocycles. The molecule has 4 rings (SSSR count). The van der Waals surface area contributed by atoms with Crippen LogP contribution in [0.5, 0.6) is 0 Å². The Morgan fingerprint density at radius 3 is 1.23 bits per heavy atom. The van der Waals surface area contributed by atoms with Gasteiger partial charge in [-0.3, -0.25) is 12.2 Å². The molecular weight excluding hydrogens is 618 g/mol. The van der Waals surface area contributed by atoms with Crippen molar-refractivity contribution < 1.29 is 50.7 Å². The maximum atomic E-state index is 3.71. The molecule has 0 saturated carbocycles. The van der Waals surface area contributed by atoms with E-state index >= 15 is 0 Å². The van der Waals surface area contributed by atoms with E-state index in [2.05, 4.69) is 52.0 Å². The summed E-state index contributed by atoms with van der Waals surface area (Å²) in [6.07, 6.45) is 23.0. The van der Waals surface area contributed by atoms with Crippen LogP contribution >= 0.6 is 0 Å². The molecule has 0 aromatic carbocycles. The molecule has 2 fully saturated rings. The second kappa shape index (κ2) is 15.0. The number of allylic oxidation sites excluding steroid dienone is 8. The molecule has 2 aliphatic carbocycles. The van der Waals surface area contributed by atoms with E-state index in [-0.39, 0.29) is 50.7 Å². The second-order valence-corrected chi connectivity index (χ2v) is 18.8. The van der Waals surface area contributed by atoms with Crippen molar-refractivity contribution in [1.29, 1.82) is 0 Å². The number of hydrogen-bond acceptors (Lipinski definition) is 0. The fourth-order valence-electron chi connectivity index (χ4n) is 5.67. The van der Waals surface area contributed by atoms with Gasteiger partial charge in [-0.25, -0.2) is 22.5 Å². The Morgan fingerprint density at radius 1 is 0.677 bits per heavy atom. The summed E-state index contributed by atoms with van der Waals surface area (Å²) >= 11 is 0. The van der Waals surface area contributed by atoms with Crippen molar-refractivity contribution in [3.05, 3.63) is 45.8 Å². The van der Waals surface area contributed by atoms with Gasteiger partial charge in [-0.1, -0.05) is 115 Å². The topological polar surface area (TPSA) is 0 Å². The van der Waals surface area contributed by atoms with Crippen LogP contribution in [0.2, 0.25) is 36.3 Å². The van der Waals surface area contributed by atoms with Gasteiger partial charge in [0.2, 0.25) is 0 Å². The normalized spacial score (nSPS) is 21.8. The Kier molecular flexibility index (Phi) is 15.4. The molecule has 0 aromatic rings. The first kappa shape index (κ1) is 31.8. The molecular formula is C26H42Cl2HfSi2. The average molecular weight is 660 g/mol. The molecule has 0 amide bonds. The molecule has 0 unspecified atom stereocenters. The van der Waals surface area contributed by atoms with Gasteiger partial charge in [0.25, 0.3) is 0 Å². The van der Waals surface area contributed by atoms with E-state index in [1.165, 1.54) is 63.5 Å². The van der Waals surface area contributed by atoms with Gasteiger partial charge in [0, 0.05) is 16.1 Å². The van der Waals surface area contributed by atoms with Crippen molar-refractivity contribution in [2.45, 2.75) is 115 Å². The zero-order valence-electron chi connectivity index (χ0n) is 20.3. The molecule has 0 N–H and O–H groups in total. The first-order chi connectivity index (χ1) is 13.6. The molecule has 0 spiro atoms. The van der Waals surface area contributed by atoms with Crippen molar-refractivity contribution in [2.75, 3.05) is 0 Å². The zero-order chi connectivity index (χ0) is 20.0. The van der Waals surface area contributed by atoms with Crippen molar-refractivity contribution >= 4 is 16.1 Å². The number of rotatable bonds is 8. The summed E-state index contributed by atoms with van der Waals surface area (Å²) in [7, 11) is -1.88. The van der Waals surface area contributed by atoms with Crippen molar-refractivity contribution in [1.82, 2.24) is 0 Å². The van der Waals surface area contributed by atoms with Gasteiger partial charge in [0.05, 0.1) is 0 Å². The SMILES string of the molecule is CCC[Si]1(C2=CCC(CC)=[C-]2)CCC1.CCC[Si]1(C2=CCC(CC)=[C-]2)CCC1.[Cl-].[Cl-].[Hf+4]. The zero-order valence-corrected chi connectivity index (χ0v) is 27.4. The van der Waals surface area contributed by atoms with Gasteiger partial charge in [-0.2, -0.15) is 11.1 Å². The minimum atomic E-state index is -0.939. The van der Waals surface area contributed by atoms with Crippen LogP contribution in [0, 0.1) is 12.2 Å². The summed E-state index contributed by atoms with van der Waals surface area (Å²) in [6, 6.07) is 9.24. The van der Waals surface area contributed by atoms with E-state index in [0.717, 1.165) is 0 Å². The molecule has 2 heterocycles. The van der Waals surface area contributed by atoms with Crippen molar-refractivity contribution in [2.24, 2.45) is 0 Å². The smallest absolute Gasteiger partial charge is 1.00 e. The Balaban J connectivity index is 0.000000529. The van der Waals surface area contributed by atoms with Gasteiger partial charge in [-0.05, 0) is 0 Å². The molecule has 0 radical (unpaired) electrons. The van der Waals surface area contributed by atoms with Crippen LogP contribution in [0.3, 0.4) is 0 Å². The first-order valence-electron chi connectivity index (χ1n) is 12.3. The molecule has 0 atom stereocenters. The quantitative estimate of drug-likeness (QED) is 0.278. The third-order valence-corrected chi connectivity index (χ3v) is 18.9. The van der Waals surface area contributed by atoms with E-state index in [0.29, 0.717) is 0 Å². The minimum absolute atomic E-state index is 0. The van der Waals surface area contributed by atoms with Gasteiger partial charge in [-0.15, -0.1) is 0 Å². The maximum Gasteiger partial charge on any atom is 4.00 e. The summed E-state index contributed by atoms with van der Waals surface area (Å²) in [5.74, 6) is 0. The molecule has 5 heteroatoms. The van der Waals surface area contributed by atoms with Gasteiger partial charge < -0.3 is 24.8 Å². The van der Waals surface area contributed by atoms with Gasteiger partial charge in [0.1, 0.15) is 0 Å². The van der Waals surface area contributed by atoms with Crippen LogP contribution in [0.25, 0.3) is 0 Å². The van der Waals surface area contributed by atoms with Gasteiger partial charge >= 0.3 is 25.8 Å². The van der Waals surface area contributed by atoms with E-state index < -0.39 is 16.1 Å². The predicted molar refractivity (Wildman–Crippen MR) is 130 cm³/mol. The van der Waals surface area contributed by atoms with Crippen molar-refractivity contribution in [3.8, 4) is 0 Å². The van der Waals surface area contributed by atoms with E-state index in [1.54, 1.807) is 45.7 Å². The summed E-state index contributed by atoms with van der Waals surface area (Å²) in [5, 5.41) is 3.39. The predicted octanol–water partition coefficient (Wildman–Crippen LogP) is 2.52. The van der Waals surface area contributed by atoms with Crippen LogP contribution in [-0.4, -0.2) is 16.1 Å². The Hall–Kier alpha value is 0.844. The Bertz CT molecular complexity index is 613. The molecule has 2 aliphatic heterocycles. The van der Waals surface area contributed by atoms with Crippen LogP contribution in [0.4, 0.5) is 0 Å². The molecule has 172 valence electrons. The Morgan fingerprint density at radius 2 is 1.03 bits per heavy atom. The third-order valence-electron chi connectivity index (χ3n) is 7.80. The fourth-order valence-corrected chi connectivity index (χ4v) is 14.6. The van der Waals surface area contributed by atoms with Crippen molar-refractivity contribution in [3.63, 3.8) is 0 Å². The van der Waals surface area contributed by atoms with Gasteiger partial charge in [0.15, 0.2) is 0 Å². The molecule has 0 bridgehead atoms. The van der Waals surface area contributed by atoms with Crippen LogP contribution in [0.15, 0.2) is 33.7 Å². The average Bonchev–Trinajstić information content (AvgIpc) is 3.31. The largest absolute Gasteiger partial charge is 4.00 e. The first-order valence-corrected chi connectivity index (χ1v) is 17.5. The van der Waals surface area contributed by atoms with Crippen LogP contribution in [-0.2, 0) is 25.8 Å². The molecule has 2 saturated heterocycles. The summed E-state index contributed by atoms with van der Waals surface area (Å²) in [4.78, 5) is 0. The maximum absolute atomic E-state index is 3.71. The monoisotopic (exact) mass is 660 g/mol. The molecule has 0 nitrogen and oxygen atoms in total. The molecule has 4 aliphatic rings. The standard InChI is InChI=1S/2C13H21Si.2ClH.Hf/c2*1-3-8-14(9-5-10-14)13-7-6-12(4-2)11-13;;;/h2*7H,3-6,8-10H2,1-2H3;2*1H;/q2*-1;;;+4/p-2. The van der Waals surface area contributed by atoms with E-state index in [9.17, 15) is 0 Å². The fraction of sp³-hybridized carbons (Fsp3) is 0.692. The molecule has 31 heavy (non-hydrogen) atoms.